The van der Waals surface area contributed by atoms with Crippen LogP contribution in [0.25, 0.3) is 0 Å². The summed E-state index contributed by atoms with van der Waals surface area (Å²) >= 11 is 0. The Morgan fingerprint density at radius 2 is 1.75 bits per heavy atom. The Labute approximate surface area is 99.0 Å². The fraction of sp³-hybridized carbons (Fsp3) is 0.833. The van der Waals surface area contributed by atoms with Crippen LogP contribution < -0.4 is 0 Å². The SMILES string of the molecule is CC(C)(C)OC=O.CC[C@@H](C=O)CN(C)C. The Balaban J connectivity index is 0. The molecule has 0 aromatic heterocycles. The van der Waals surface area contributed by atoms with E-state index in [2.05, 4.69) is 4.74 Å². The predicted molar refractivity (Wildman–Crippen MR) is 65.3 cm³/mol. The van der Waals surface area contributed by atoms with E-state index in [-0.39, 0.29) is 11.5 Å². The van der Waals surface area contributed by atoms with E-state index in [4.69, 9.17) is 0 Å². The third-order valence-electron chi connectivity index (χ3n) is 1.72. The first kappa shape index (κ1) is 17.5. The van der Waals surface area contributed by atoms with Crippen LogP contribution in [-0.4, -0.2) is 43.9 Å². The van der Waals surface area contributed by atoms with Gasteiger partial charge in [-0.15, -0.1) is 0 Å². The van der Waals surface area contributed by atoms with Crippen molar-refractivity contribution in [3.8, 4) is 0 Å². The normalized spacial score (nSPS) is 12.4. The maximum Gasteiger partial charge on any atom is 0.293 e. The van der Waals surface area contributed by atoms with Gasteiger partial charge in [0.15, 0.2) is 0 Å². The predicted octanol–water partition coefficient (Wildman–Crippen LogP) is 1.73. The Kier molecular flexibility index (Phi) is 10.2. The highest BCUT2D eigenvalue weighted by Gasteiger charge is 2.07. The van der Waals surface area contributed by atoms with Crippen LogP contribution in [0, 0.1) is 5.92 Å². The van der Waals surface area contributed by atoms with Crippen molar-refractivity contribution >= 4 is 12.8 Å². The zero-order valence-corrected chi connectivity index (χ0v) is 11.3. The molecule has 0 fully saturated rings. The molecule has 0 bridgehead atoms. The van der Waals surface area contributed by atoms with Gasteiger partial charge in [0.1, 0.15) is 11.9 Å². The summed E-state index contributed by atoms with van der Waals surface area (Å²) in [7, 11) is 3.96. The molecule has 0 aromatic carbocycles. The second-order valence-electron chi connectivity index (χ2n) is 4.89. The number of ether oxygens (including phenoxy) is 1. The number of carbonyl (C=O) groups excluding carboxylic acids is 2. The molecule has 16 heavy (non-hydrogen) atoms. The molecule has 0 unspecified atom stereocenters. The molecule has 4 nitrogen and oxygen atoms in total. The molecular weight excluding hydrogens is 206 g/mol. The van der Waals surface area contributed by atoms with Crippen LogP contribution in [-0.2, 0) is 14.3 Å². The zero-order valence-electron chi connectivity index (χ0n) is 11.3. The first-order valence-electron chi connectivity index (χ1n) is 5.48. The maximum atomic E-state index is 10.2. The molecule has 0 amide bonds. The lowest BCUT2D eigenvalue weighted by molar-refractivity contribution is -0.138. The molecule has 0 aliphatic rings. The molecule has 0 saturated carbocycles. The molecule has 96 valence electrons. The average molecular weight is 231 g/mol. The minimum atomic E-state index is -0.318. The molecule has 0 N–H and O–H groups in total. The Morgan fingerprint density at radius 1 is 1.25 bits per heavy atom. The number of aldehydes is 1. The van der Waals surface area contributed by atoms with Crippen molar-refractivity contribution in [3.63, 3.8) is 0 Å². The van der Waals surface area contributed by atoms with Crippen molar-refractivity contribution in [2.45, 2.75) is 39.7 Å². The standard InChI is InChI=1S/C7H15NO.C5H10O2/c1-4-7(6-9)5-8(2)3;1-5(2,3)7-4-6/h6-7H,4-5H2,1-3H3;4H,1-3H3/t7-;/m1./s1. The molecule has 0 aliphatic carbocycles. The number of hydrogen-bond donors (Lipinski definition) is 0. The summed E-state index contributed by atoms with van der Waals surface area (Å²) in [6.45, 7) is 8.83. The van der Waals surface area contributed by atoms with Crippen molar-refractivity contribution in [2.24, 2.45) is 5.92 Å². The van der Waals surface area contributed by atoms with E-state index in [0.29, 0.717) is 6.47 Å². The van der Waals surface area contributed by atoms with E-state index < -0.39 is 0 Å². The van der Waals surface area contributed by atoms with Gasteiger partial charge in [0, 0.05) is 12.5 Å². The van der Waals surface area contributed by atoms with E-state index in [1.165, 1.54) is 0 Å². The third kappa shape index (κ3) is 15.6. The number of rotatable bonds is 5. The molecule has 0 aromatic rings. The van der Waals surface area contributed by atoms with Gasteiger partial charge >= 0.3 is 0 Å². The third-order valence-corrected chi connectivity index (χ3v) is 1.72. The van der Waals surface area contributed by atoms with Crippen LogP contribution >= 0.6 is 0 Å². The molecule has 0 heterocycles. The lowest BCUT2D eigenvalue weighted by Gasteiger charge is -2.14. The number of nitrogens with zero attached hydrogens (tertiary/aromatic N) is 1. The fourth-order valence-electron chi connectivity index (χ4n) is 0.882. The lowest BCUT2D eigenvalue weighted by Crippen LogP contribution is -2.21. The van der Waals surface area contributed by atoms with E-state index in [0.717, 1.165) is 19.3 Å². The first-order valence-corrected chi connectivity index (χ1v) is 5.48. The number of carbonyl (C=O) groups is 2. The molecule has 1 atom stereocenters. The largest absolute Gasteiger partial charge is 0.462 e. The average Bonchev–Trinajstić information content (AvgIpc) is 2.13. The van der Waals surface area contributed by atoms with Gasteiger partial charge in [-0.1, -0.05) is 6.92 Å². The molecule has 0 aliphatic heterocycles. The molecule has 0 rings (SSSR count). The molecular formula is C12H25NO3. The van der Waals surface area contributed by atoms with Crippen molar-refractivity contribution in [2.75, 3.05) is 20.6 Å². The molecule has 0 saturated heterocycles. The van der Waals surface area contributed by atoms with Crippen LogP contribution in [0.3, 0.4) is 0 Å². The second kappa shape index (κ2) is 9.33. The smallest absolute Gasteiger partial charge is 0.293 e. The van der Waals surface area contributed by atoms with Crippen molar-refractivity contribution in [1.82, 2.24) is 4.90 Å². The quantitative estimate of drug-likeness (QED) is 0.676. The highest BCUT2D eigenvalue weighted by atomic mass is 16.5. The summed E-state index contributed by atoms with van der Waals surface area (Å²) in [6, 6.07) is 0. The summed E-state index contributed by atoms with van der Waals surface area (Å²) in [4.78, 5) is 21.9. The van der Waals surface area contributed by atoms with E-state index in [1.807, 2.05) is 46.7 Å². The summed E-state index contributed by atoms with van der Waals surface area (Å²) in [5, 5.41) is 0. The minimum Gasteiger partial charge on any atom is -0.462 e. The zero-order chi connectivity index (χ0) is 13.2. The van der Waals surface area contributed by atoms with Crippen LogP contribution in [0.4, 0.5) is 0 Å². The lowest BCUT2D eigenvalue weighted by atomic mass is 10.1. The van der Waals surface area contributed by atoms with Gasteiger partial charge in [0.2, 0.25) is 0 Å². The summed E-state index contributed by atoms with van der Waals surface area (Å²) in [6.07, 6.45) is 1.97. The molecule has 0 spiro atoms. The van der Waals surface area contributed by atoms with Crippen LogP contribution in [0.5, 0.6) is 0 Å². The second-order valence-corrected chi connectivity index (χ2v) is 4.89. The first-order chi connectivity index (χ1) is 7.26. The summed E-state index contributed by atoms with van der Waals surface area (Å²) < 4.78 is 4.55. The highest BCUT2D eigenvalue weighted by molar-refractivity contribution is 5.53. The van der Waals surface area contributed by atoms with Crippen molar-refractivity contribution in [3.05, 3.63) is 0 Å². The number of hydrogen-bond acceptors (Lipinski definition) is 4. The Bertz CT molecular complexity index is 185. The topological polar surface area (TPSA) is 46.6 Å². The summed E-state index contributed by atoms with van der Waals surface area (Å²) in [5.74, 6) is 0.222. The Morgan fingerprint density at radius 3 is 1.81 bits per heavy atom. The Hall–Kier alpha value is -0.900. The van der Waals surface area contributed by atoms with Gasteiger partial charge in [-0.3, -0.25) is 4.79 Å². The van der Waals surface area contributed by atoms with Gasteiger partial charge in [0.05, 0.1) is 0 Å². The van der Waals surface area contributed by atoms with Gasteiger partial charge < -0.3 is 14.4 Å². The van der Waals surface area contributed by atoms with Crippen molar-refractivity contribution in [1.29, 1.82) is 0 Å². The van der Waals surface area contributed by atoms with E-state index in [9.17, 15) is 9.59 Å². The monoisotopic (exact) mass is 231 g/mol. The molecule has 0 radical (unpaired) electrons. The van der Waals surface area contributed by atoms with Crippen LogP contribution in [0.15, 0.2) is 0 Å². The fourth-order valence-corrected chi connectivity index (χ4v) is 0.882. The van der Waals surface area contributed by atoms with Gasteiger partial charge in [-0.05, 0) is 41.3 Å². The van der Waals surface area contributed by atoms with Gasteiger partial charge in [-0.2, -0.15) is 0 Å². The highest BCUT2D eigenvalue weighted by Crippen LogP contribution is 2.02. The van der Waals surface area contributed by atoms with E-state index >= 15 is 0 Å². The van der Waals surface area contributed by atoms with Crippen LogP contribution in [0.1, 0.15) is 34.1 Å². The molecule has 4 heteroatoms. The van der Waals surface area contributed by atoms with Gasteiger partial charge in [-0.25, -0.2) is 0 Å². The van der Waals surface area contributed by atoms with Crippen LogP contribution in [0.2, 0.25) is 0 Å². The van der Waals surface area contributed by atoms with Gasteiger partial charge in [0.25, 0.3) is 6.47 Å². The van der Waals surface area contributed by atoms with Crippen molar-refractivity contribution < 1.29 is 14.3 Å². The summed E-state index contributed by atoms with van der Waals surface area (Å²) in [5.41, 5.74) is -0.318. The minimum absolute atomic E-state index is 0.222. The maximum absolute atomic E-state index is 10.2. The van der Waals surface area contributed by atoms with E-state index in [1.54, 1.807) is 0 Å².